The third-order valence-corrected chi connectivity index (χ3v) is 5.61. The normalized spacial score (nSPS) is 18.6. The Bertz CT molecular complexity index is 738. The van der Waals surface area contributed by atoms with Crippen molar-refractivity contribution in [1.29, 1.82) is 0 Å². The zero-order chi connectivity index (χ0) is 19.7. The predicted octanol–water partition coefficient (Wildman–Crippen LogP) is 1.74. The summed E-state index contributed by atoms with van der Waals surface area (Å²) in [5.74, 6) is 0.559. The summed E-state index contributed by atoms with van der Waals surface area (Å²) < 4.78 is 1.65. The first kappa shape index (κ1) is 19.2. The van der Waals surface area contributed by atoms with Gasteiger partial charge in [-0.3, -0.25) is 14.3 Å². The van der Waals surface area contributed by atoms with E-state index in [-0.39, 0.29) is 18.0 Å². The maximum Gasteiger partial charge on any atom is 0.407 e. The molecule has 1 aromatic rings. The van der Waals surface area contributed by atoms with Gasteiger partial charge in [-0.25, -0.2) is 14.6 Å². The quantitative estimate of drug-likeness (QED) is 0.843. The highest BCUT2D eigenvalue weighted by Gasteiger charge is 2.38. The Kier molecular flexibility index (Phi) is 5.38. The lowest BCUT2D eigenvalue weighted by Gasteiger charge is -2.38. The fourth-order valence-corrected chi connectivity index (χ4v) is 4.02. The SMILES string of the molecule is CCCC(C(=O)N1CCC(N2Cc3cnc(C)n3C2=O)CC1)N(C)C(=O)O. The first-order valence-electron chi connectivity index (χ1n) is 9.43. The van der Waals surface area contributed by atoms with Crippen LogP contribution in [0.25, 0.3) is 0 Å². The second-order valence-corrected chi connectivity index (χ2v) is 7.30. The number of likely N-dealkylation sites (N-methyl/N-ethyl adjacent to an activating group) is 1. The van der Waals surface area contributed by atoms with Crippen LogP contribution in [-0.4, -0.2) is 79.6 Å². The second kappa shape index (κ2) is 7.58. The van der Waals surface area contributed by atoms with Crippen LogP contribution in [0.4, 0.5) is 9.59 Å². The van der Waals surface area contributed by atoms with E-state index in [0.717, 1.165) is 17.0 Å². The number of hydrogen-bond donors (Lipinski definition) is 1. The molecule has 0 spiro atoms. The molecule has 1 aromatic heterocycles. The number of piperidine rings is 1. The summed E-state index contributed by atoms with van der Waals surface area (Å²) in [5, 5.41) is 9.23. The smallest absolute Gasteiger partial charge is 0.407 e. The first-order valence-corrected chi connectivity index (χ1v) is 9.43. The summed E-state index contributed by atoms with van der Waals surface area (Å²) in [4.78, 5) is 45.6. The third kappa shape index (κ3) is 3.50. The highest BCUT2D eigenvalue weighted by molar-refractivity contribution is 5.85. The fraction of sp³-hybridized carbons (Fsp3) is 0.667. The summed E-state index contributed by atoms with van der Waals surface area (Å²) in [6.45, 7) is 5.38. The highest BCUT2D eigenvalue weighted by Crippen LogP contribution is 2.26. The largest absolute Gasteiger partial charge is 0.465 e. The number of hydrogen-bond acceptors (Lipinski definition) is 4. The van der Waals surface area contributed by atoms with Crippen molar-refractivity contribution < 1.29 is 19.5 Å². The molecule has 0 radical (unpaired) electrons. The van der Waals surface area contributed by atoms with Gasteiger partial charge in [-0.15, -0.1) is 0 Å². The van der Waals surface area contributed by atoms with Gasteiger partial charge in [0.05, 0.1) is 18.4 Å². The molecule has 9 nitrogen and oxygen atoms in total. The first-order chi connectivity index (χ1) is 12.8. The van der Waals surface area contributed by atoms with Crippen molar-refractivity contribution in [2.45, 2.75) is 58.2 Å². The zero-order valence-electron chi connectivity index (χ0n) is 16.1. The number of carbonyl (C=O) groups excluding carboxylic acids is 2. The van der Waals surface area contributed by atoms with Crippen LogP contribution in [0.3, 0.4) is 0 Å². The molecule has 0 bridgehead atoms. The molecule has 1 fully saturated rings. The molecule has 1 unspecified atom stereocenters. The molecule has 1 N–H and O–H groups in total. The van der Waals surface area contributed by atoms with Gasteiger partial charge in [0, 0.05) is 26.2 Å². The van der Waals surface area contributed by atoms with Crippen LogP contribution in [0.2, 0.25) is 0 Å². The molecular formula is C18H27N5O4. The number of carboxylic acid groups (broad SMARTS) is 1. The molecule has 1 saturated heterocycles. The molecular weight excluding hydrogens is 350 g/mol. The van der Waals surface area contributed by atoms with Crippen LogP contribution in [-0.2, 0) is 11.3 Å². The molecule has 3 rings (SSSR count). The fourth-order valence-electron chi connectivity index (χ4n) is 4.02. The number of likely N-dealkylation sites (tertiary alicyclic amines) is 1. The predicted molar refractivity (Wildman–Crippen MR) is 97.4 cm³/mol. The number of amides is 3. The van der Waals surface area contributed by atoms with Crippen molar-refractivity contribution in [2.24, 2.45) is 0 Å². The number of imidazole rings is 1. The summed E-state index contributed by atoms with van der Waals surface area (Å²) >= 11 is 0. The minimum absolute atomic E-state index is 0.0424. The standard InChI is InChI=1S/C18H27N5O4/c1-4-5-15(20(3)18(26)27)16(24)21-8-6-13(7-9-21)22-11-14-10-19-12(2)23(14)17(22)25/h10,13,15H,4-9,11H2,1-3H3,(H,26,27). The maximum absolute atomic E-state index is 12.8. The van der Waals surface area contributed by atoms with E-state index in [4.69, 9.17) is 0 Å². The minimum Gasteiger partial charge on any atom is -0.465 e. The summed E-state index contributed by atoms with van der Waals surface area (Å²) in [7, 11) is 1.45. The Morgan fingerprint density at radius 1 is 1.37 bits per heavy atom. The minimum atomic E-state index is -1.09. The molecule has 1 atom stereocenters. The Morgan fingerprint density at radius 3 is 2.59 bits per heavy atom. The average Bonchev–Trinajstić information content (AvgIpc) is 3.19. The van der Waals surface area contributed by atoms with Gasteiger partial charge in [-0.05, 0) is 26.2 Å². The van der Waals surface area contributed by atoms with Crippen LogP contribution < -0.4 is 0 Å². The van der Waals surface area contributed by atoms with Gasteiger partial charge in [0.1, 0.15) is 11.9 Å². The van der Waals surface area contributed by atoms with E-state index >= 15 is 0 Å². The van der Waals surface area contributed by atoms with Crippen LogP contribution in [0, 0.1) is 6.92 Å². The van der Waals surface area contributed by atoms with Crippen LogP contribution in [0.5, 0.6) is 0 Å². The molecule has 0 aliphatic carbocycles. The second-order valence-electron chi connectivity index (χ2n) is 7.30. The molecule has 2 aliphatic rings. The number of aryl methyl sites for hydroxylation is 1. The van der Waals surface area contributed by atoms with E-state index in [1.807, 2.05) is 18.7 Å². The van der Waals surface area contributed by atoms with E-state index in [1.165, 1.54) is 7.05 Å². The van der Waals surface area contributed by atoms with E-state index in [1.54, 1.807) is 15.7 Å². The van der Waals surface area contributed by atoms with Crippen molar-refractivity contribution in [3.05, 3.63) is 17.7 Å². The lowest BCUT2D eigenvalue weighted by molar-refractivity contribution is -0.137. The molecule has 3 amide bonds. The molecule has 9 heteroatoms. The number of rotatable bonds is 5. The third-order valence-electron chi connectivity index (χ3n) is 5.61. The number of nitrogens with zero attached hydrogens (tertiary/aromatic N) is 5. The Hall–Kier alpha value is -2.58. The Morgan fingerprint density at radius 2 is 2.04 bits per heavy atom. The van der Waals surface area contributed by atoms with E-state index in [9.17, 15) is 19.5 Å². The van der Waals surface area contributed by atoms with E-state index in [0.29, 0.717) is 44.7 Å². The van der Waals surface area contributed by atoms with E-state index < -0.39 is 12.1 Å². The van der Waals surface area contributed by atoms with Crippen LogP contribution in [0.15, 0.2) is 6.20 Å². The van der Waals surface area contributed by atoms with E-state index in [2.05, 4.69) is 4.98 Å². The summed E-state index contributed by atoms with van der Waals surface area (Å²) in [5.41, 5.74) is 0.905. The van der Waals surface area contributed by atoms with Crippen LogP contribution >= 0.6 is 0 Å². The van der Waals surface area contributed by atoms with Gasteiger partial charge in [-0.1, -0.05) is 13.3 Å². The molecule has 0 aromatic carbocycles. The van der Waals surface area contributed by atoms with Crippen molar-refractivity contribution in [3.8, 4) is 0 Å². The zero-order valence-corrected chi connectivity index (χ0v) is 16.1. The highest BCUT2D eigenvalue weighted by atomic mass is 16.4. The molecule has 2 aliphatic heterocycles. The monoisotopic (exact) mass is 377 g/mol. The van der Waals surface area contributed by atoms with Crippen molar-refractivity contribution in [1.82, 2.24) is 24.3 Å². The molecule has 3 heterocycles. The summed E-state index contributed by atoms with van der Waals surface area (Å²) in [6, 6.07) is -0.603. The van der Waals surface area contributed by atoms with Crippen molar-refractivity contribution in [3.63, 3.8) is 0 Å². The number of carbonyl (C=O) groups is 3. The molecule has 0 saturated carbocycles. The Balaban J connectivity index is 1.61. The van der Waals surface area contributed by atoms with Crippen molar-refractivity contribution >= 4 is 18.0 Å². The van der Waals surface area contributed by atoms with Gasteiger partial charge >= 0.3 is 12.1 Å². The molecule has 27 heavy (non-hydrogen) atoms. The topological polar surface area (TPSA) is 99.0 Å². The van der Waals surface area contributed by atoms with Gasteiger partial charge in [0.25, 0.3) is 0 Å². The van der Waals surface area contributed by atoms with Crippen molar-refractivity contribution in [2.75, 3.05) is 20.1 Å². The lowest BCUT2D eigenvalue weighted by atomic mass is 10.0. The van der Waals surface area contributed by atoms with Gasteiger partial charge in [-0.2, -0.15) is 0 Å². The molecule has 148 valence electrons. The van der Waals surface area contributed by atoms with Gasteiger partial charge < -0.3 is 14.9 Å². The van der Waals surface area contributed by atoms with Crippen LogP contribution in [0.1, 0.15) is 44.1 Å². The van der Waals surface area contributed by atoms with Gasteiger partial charge in [0.15, 0.2) is 0 Å². The maximum atomic E-state index is 12.8. The summed E-state index contributed by atoms with van der Waals surface area (Å²) in [6.07, 6.45) is 3.29. The average molecular weight is 377 g/mol. The van der Waals surface area contributed by atoms with Gasteiger partial charge in [0.2, 0.25) is 5.91 Å². The Labute approximate surface area is 158 Å². The number of fused-ring (bicyclic) bond motifs is 1. The lowest BCUT2D eigenvalue weighted by Crippen LogP contribution is -2.53. The number of aromatic nitrogens is 2.